The molecule has 2 aromatic rings. The lowest BCUT2D eigenvalue weighted by Crippen LogP contribution is -2.10. The Hall–Kier alpha value is -1.98. The van der Waals surface area contributed by atoms with E-state index in [4.69, 9.17) is 12.2 Å². The monoisotopic (exact) mass is 313 g/mol. The van der Waals surface area contributed by atoms with Gasteiger partial charge in [-0.15, -0.1) is 0 Å². The van der Waals surface area contributed by atoms with Gasteiger partial charge in [0.2, 0.25) is 0 Å². The molecule has 1 aromatic heterocycles. The largest absolute Gasteiger partial charge is 0.262 e. The van der Waals surface area contributed by atoms with E-state index in [0.29, 0.717) is 4.32 Å². The minimum Gasteiger partial charge on any atom is -0.262 e. The van der Waals surface area contributed by atoms with Gasteiger partial charge in [-0.25, -0.2) is 0 Å². The number of pyridine rings is 1. The van der Waals surface area contributed by atoms with E-state index in [2.05, 4.69) is 15.5 Å². The molecule has 0 bridgehead atoms. The first-order valence-corrected chi connectivity index (χ1v) is 7.81. The first-order valence-electron chi connectivity index (χ1n) is 6.42. The SMILES string of the molecule is S=C(N/N=C/C=C/c1ccccc1)SCc1ccccn1. The summed E-state index contributed by atoms with van der Waals surface area (Å²) in [6, 6.07) is 15.9. The van der Waals surface area contributed by atoms with Crippen LogP contribution in [0.2, 0.25) is 0 Å². The molecule has 0 aliphatic heterocycles. The Bertz CT molecular complexity index is 610. The molecule has 0 atom stereocenters. The first kappa shape index (κ1) is 15.4. The van der Waals surface area contributed by atoms with Gasteiger partial charge in [-0.05, 0) is 23.8 Å². The Morgan fingerprint density at radius 1 is 1.19 bits per heavy atom. The van der Waals surface area contributed by atoms with E-state index >= 15 is 0 Å². The van der Waals surface area contributed by atoms with Crippen LogP contribution in [0, 0.1) is 0 Å². The Morgan fingerprint density at radius 2 is 2.00 bits per heavy atom. The molecular formula is C16H15N3S2. The van der Waals surface area contributed by atoms with Crippen LogP contribution in [-0.2, 0) is 5.75 Å². The number of nitrogens with one attached hydrogen (secondary N) is 1. The summed E-state index contributed by atoms with van der Waals surface area (Å²) in [6.45, 7) is 0. The van der Waals surface area contributed by atoms with Gasteiger partial charge in [-0.1, -0.05) is 66.5 Å². The standard InChI is InChI=1S/C16H15N3S2/c20-16(21-13-15-10-4-5-11-17-15)19-18-12-6-9-14-7-2-1-3-8-14/h1-12H,13H2,(H,19,20)/b9-6+,18-12+. The zero-order valence-electron chi connectivity index (χ0n) is 11.3. The van der Waals surface area contributed by atoms with Crippen LogP contribution in [0.15, 0.2) is 65.9 Å². The van der Waals surface area contributed by atoms with Crippen LogP contribution in [0.4, 0.5) is 0 Å². The van der Waals surface area contributed by atoms with Crippen molar-refractivity contribution in [1.82, 2.24) is 10.4 Å². The summed E-state index contributed by atoms with van der Waals surface area (Å²) in [5.41, 5.74) is 4.96. The Balaban J connectivity index is 1.69. The smallest absolute Gasteiger partial charge is 0.154 e. The average Bonchev–Trinajstić information content (AvgIpc) is 2.54. The molecule has 21 heavy (non-hydrogen) atoms. The van der Waals surface area contributed by atoms with Gasteiger partial charge in [0.25, 0.3) is 0 Å². The minimum atomic E-state index is 0.630. The van der Waals surface area contributed by atoms with Crippen molar-refractivity contribution in [2.24, 2.45) is 5.10 Å². The zero-order valence-corrected chi connectivity index (χ0v) is 13.0. The number of aromatic nitrogens is 1. The van der Waals surface area contributed by atoms with Crippen molar-refractivity contribution in [2.75, 3.05) is 0 Å². The van der Waals surface area contributed by atoms with Gasteiger partial charge in [-0.2, -0.15) is 5.10 Å². The van der Waals surface area contributed by atoms with Crippen molar-refractivity contribution < 1.29 is 0 Å². The van der Waals surface area contributed by atoms with Gasteiger partial charge in [0.1, 0.15) is 0 Å². The number of benzene rings is 1. The average molecular weight is 313 g/mol. The molecule has 1 heterocycles. The highest BCUT2D eigenvalue weighted by molar-refractivity contribution is 8.22. The molecule has 106 valence electrons. The number of thiocarbonyl (C=S) groups is 1. The highest BCUT2D eigenvalue weighted by Gasteiger charge is 1.97. The minimum absolute atomic E-state index is 0.630. The lowest BCUT2D eigenvalue weighted by molar-refractivity contribution is 1.07. The number of hydrazone groups is 1. The van der Waals surface area contributed by atoms with Crippen LogP contribution >= 0.6 is 24.0 Å². The van der Waals surface area contributed by atoms with Crippen molar-refractivity contribution in [2.45, 2.75) is 5.75 Å². The predicted octanol–water partition coefficient (Wildman–Crippen LogP) is 3.89. The van der Waals surface area contributed by atoms with Gasteiger partial charge in [0.15, 0.2) is 4.32 Å². The van der Waals surface area contributed by atoms with Crippen molar-refractivity contribution >= 4 is 40.6 Å². The molecule has 0 saturated heterocycles. The summed E-state index contributed by atoms with van der Waals surface area (Å²) in [5, 5.41) is 4.05. The summed E-state index contributed by atoms with van der Waals surface area (Å²) in [6.07, 6.45) is 7.31. The van der Waals surface area contributed by atoms with Gasteiger partial charge in [-0.3, -0.25) is 10.4 Å². The van der Waals surface area contributed by atoms with Crippen molar-refractivity contribution in [3.8, 4) is 0 Å². The molecule has 0 aliphatic rings. The fraction of sp³-hybridized carbons (Fsp3) is 0.0625. The second kappa shape index (κ2) is 9.05. The van der Waals surface area contributed by atoms with Gasteiger partial charge in [0, 0.05) is 18.2 Å². The first-order chi connectivity index (χ1) is 10.3. The second-order valence-electron chi connectivity index (χ2n) is 4.06. The molecule has 0 unspecified atom stereocenters. The van der Waals surface area contributed by atoms with Crippen LogP contribution in [-0.4, -0.2) is 15.5 Å². The Labute approximate surface area is 134 Å². The van der Waals surface area contributed by atoms with E-state index in [-0.39, 0.29) is 0 Å². The summed E-state index contributed by atoms with van der Waals surface area (Å²) >= 11 is 6.69. The maximum absolute atomic E-state index is 5.18. The highest BCUT2D eigenvalue weighted by atomic mass is 32.2. The Morgan fingerprint density at radius 3 is 2.76 bits per heavy atom. The molecule has 0 fully saturated rings. The third-order valence-corrected chi connectivity index (χ3v) is 3.72. The molecule has 0 amide bonds. The molecule has 0 aliphatic carbocycles. The summed E-state index contributed by atoms with van der Waals surface area (Å²) in [7, 11) is 0. The predicted molar refractivity (Wildman–Crippen MR) is 95.2 cm³/mol. The summed E-state index contributed by atoms with van der Waals surface area (Å²) in [4.78, 5) is 4.24. The molecule has 1 aromatic carbocycles. The third-order valence-electron chi connectivity index (χ3n) is 2.48. The van der Waals surface area contributed by atoms with Crippen LogP contribution in [0.25, 0.3) is 6.08 Å². The fourth-order valence-corrected chi connectivity index (χ4v) is 2.30. The van der Waals surface area contributed by atoms with Crippen molar-refractivity contribution in [1.29, 1.82) is 0 Å². The highest BCUT2D eigenvalue weighted by Crippen LogP contribution is 2.10. The maximum atomic E-state index is 5.18. The van der Waals surface area contributed by atoms with Crippen LogP contribution < -0.4 is 5.43 Å². The van der Waals surface area contributed by atoms with Gasteiger partial charge >= 0.3 is 0 Å². The van der Waals surface area contributed by atoms with Crippen LogP contribution in [0.5, 0.6) is 0 Å². The van der Waals surface area contributed by atoms with Gasteiger partial charge in [0.05, 0.1) is 5.69 Å². The van der Waals surface area contributed by atoms with Crippen LogP contribution in [0.3, 0.4) is 0 Å². The van der Waals surface area contributed by atoms with Crippen LogP contribution in [0.1, 0.15) is 11.3 Å². The van der Waals surface area contributed by atoms with Crippen molar-refractivity contribution in [3.05, 3.63) is 72.1 Å². The number of hydrogen-bond donors (Lipinski definition) is 1. The molecule has 0 saturated carbocycles. The number of nitrogens with zero attached hydrogens (tertiary/aromatic N) is 2. The van der Waals surface area contributed by atoms with E-state index < -0.39 is 0 Å². The fourth-order valence-electron chi connectivity index (χ4n) is 1.51. The molecule has 0 radical (unpaired) electrons. The molecule has 2 rings (SSSR count). The van der Waals surface area contributed by atoms with E-state index in [9.17, 15) is 0 Å². The lowest BCUT2D eigenvalue weighted by Gasteiger charge is -2.01. The maximum Gasteiger partial charge on any atom is 0.154 e. The second-order valence-corrected chi connectivity index (χ2v) is 5.71. The Kier molecular flexibility index (Phi) is 6.64. The summed E-state index contributed by atoms with van der Waals surface area (Å²) in [5.74, 6) is 0.738. The molecule has 3 nitrogen and oxygen atoms in total. The van der Waals surface area contributed by atoms with E-state index in [1.165, 1.54) is 11.8 Å². The van der Waals surface area contributed by atoms with Gasteiger partial charge < -0.3 is 0 Å². The quantitative estimate of drug-likeness (QED) is 0.516. The molecule has 1 N–H and O–H groups in total. The number of thioether (sulfide) groups is 1. The lowest BCUT2D eigenvalue weighted by atomic mass is 10.2. The molecule has 0 spiro atoms. The zero-order chi connectivity index (χ0) is 14.8. The third kappa shape index (κ3) is 6.33. The number of hydrogen-bond acceptors (Lipinski definition) is 4. The number of allylic oxidation sites excluding steroid dienone is 1. The summed E-state index contributed by atoms with van der Waals surface area (Å²) < 4.78 is 0.630. The van der Waals surface area contributed by atoms with E-state index in [0.717, 1.165) is 17.0 Å². The van der Waals surface area contributed by atoms with E-state index in [1.807, 2.05) is 60.7 Å². The topological polar surface area (TPSA) is 37.3 Å². The van der Waals surface area contributed by atoms with E-state index in [1.54, 1.807) is 12.4 Å². The molecular weight excluding hydrogens is 298 g/mol. The molecule has 5 heteroatoms. The normalized spacial score (nSPS) is 11.0. The number of rotatable bonds is 5. The van der Waals surface area contributed by atoms with Crippen molar-refractivity contribution in [3.63, 3.8) is 0 Å².